The van der Waals surface area contributed by atoms with Gasteiger partial charge < -0.3 is 9.64 Å². The summed E-state index contributed by atoms with van der Waals surface area (Å²) in [6.45, 7) is 11.3. The normalized spacial score (nSPS) is 11.7. The van der Waals surface area contributed by atoms with E-state index in [1.165, 1.54) is 0 Å². The van der Waals surface area contributed by atoms with E-state index in [-0.39, 0.29) is 18.4 Å². The molecule has 0 saturated heterocycles. The molecule has 19 heavy (non-hydrogen) atoms. The summed E-state index contributed by atoms with van der Waals surface area (Å²) >= 11 is 0. The first-order valence-electron chi connectivity index (χ1n) is 6.75. The molecule has 1 aromatic rings. The third-order valence-electron chi connectivity index (χ3n) is 3.22. The van der Waals surface area contributed by atoms with Crippen LogP contribution >= 0.6 is 0 Å². The number of carbonyl (C=O) groups is 1. The Labute approximate surface area is 115 Å². The summed E-state index contributed by atoms with van der Waals surface area (Å²) in [5.74, 6) is 1.03. The van der Waals surface area contributed by atoms with Gasteiger partial charge in [0, 0.05) is 13.1 Å². The first-order valence-corrected chi connectivity index (χ1v) is 6.75. The average Bonchev–Trinajstić information content (AvgIpc) is 2.45. The van der Waals surface area contributed by atoms with Crippen LogP contribution in [-0.2, 0) is 4.79 Å². The van der Waals surface area contributed by atoms with Crippen LogP contribution < -0.4 is 4.74 Å². The molecule has 104 valence electrons. The Hall–Kier alpha value is -1.77. The van der Waals surface area contributed by atoms with Crippen molar-refractivity contribution in [2.75, 3.05) is 19.7 Å². The second kappa shape index (κ2) is 7.62. The van der Waals surface area contributed by atoms with Crippen LogP contribution in [0.1, 0.15) is 32.3 Å². The van der Waals surface area contributed by atoms with Crippen molar-refractivity contribution in [3.05, 3.63) is 42.5 Å². The lowest BCUT2D eigenvalue weighted by atomic mass is 10.0. The lowest BCUT2D eigenvalue weighted by Crippen LogP contribution is -2.34. The highest BCUT2D eigenvalue weighted by Gasteiger charge is 2.10. The van der Waals surface area contributed by atoms with E-state index in [1.54, 1.807) is 4.90 Å². The van der Waals surface area contributed by atoms with Crippen LogP contribution in [0.15, 0.2) is 36.9 Å². The van der Waals surface area contributed by atoms with Gasteiger partial charge in [0.1, 0.15) is 5.75 Å². The van der Waals surface area contributed by atoms with Gasteiger partial charge in [0.05, 0.1) is 0 Å². The van der Waals surface area contributed by atoms with Gasteiger partial charge in [-0.25, -0.2) is 0 Å². The van der Waals surface area contributed by atoms with Gasteiger partial charge >= 0.3 is 0 Å². The Morgan fingerprint density at radius 2 is 2.11 bits per heavy atom. The summed E-state index contributed by atoms with van der Waals surface area (Å²) in [6, 6.07) is 7.80. The van der Waals surface area contributed by atoms with Crippen LogP contribution in [0.5, 0.6) is 5.75 Å². The van der Waals surface area contributed by atoms with Crippen molar-refractivity contribution in [3.63, 3.8) is 0 Å². The SMILES string of the molecule is C=CC(C)c1cccc(OCC(=O)N(CC)CC)c1. The summed E-state index contributed by atoms with van der Waals surface area (Å²) < 4.78 is 5.56. The van der Waals surface area contributed by atoms with E-state index in [2.05, 4.69) is 13.5 Å². The highest BCUT2D eigenvalue weighted by molar-refractivity contribution is 5.77. The molecule has 0 aliphatic rings. The fourth-order valence-corrected chi connectivity index (χ4v) is 1.84. The average molecular weight is 261 g/mol. The van der Waals surface area contributed by atoms with Gasteiger partial charge in [-0.2, -0.15) is 0 Å². The molecular weight excluding hydrogens is 238 g/mol. The van der Waals surface area contributed by atoms with Crippen LogP contribution in [0, 0.1) is 0 Å². The lowest BCUT2D eigenvalue weighted by Gasteiger charge is -2.19. The summed E-state index contributed by atoms with van der Waals surface area (Å²) in [4.78, 5) is 13.6. The first kappa shape index (κ1) is 15.3. The summed E-state index contributed by atoms with van der Waals surface area (Å²) in [6.07, 6.45) is 1.89. The monoisotopic (exact) mass is 261 g/mol. The van der Waals surface area contributed by atoms with Crippen molar-refractivity contribution >= 4 is 5.91 Å². The minimum Gasteiger partial charge on any atom is -0.484 e. The number of hydrogen-bond acceptors (Lipinski definition) is 2. The van der Waals surface area contributed by atoms with Crippen LogP contribution in [0.2, 0.25) is 0 Å². The van der Waals surface area contributed by atoms with E-state index in [9.17, 15) is 4.79 Å². The molecule has 0 aliphatic heterocycles. The largest absolute Gasteiger partial charge is 0.484 e. The molecule has 0 fully saturated rings. The molecule has 0 aliphatic carbocycles. The van der Waals surface area contributed by atoms with Gasteiger partial charge in [0.15, 0.2) is 6.61 Å². The number of ether oxygens (including phenoxy) is 1. The van der Waals surface area contributed by atoms with E-state index in [4.69, 9.17) is 4.74 Å². The van der Waals surface area contributed by atoms with Crippen molar-refractivity contribution in [2.24, 2.45) is 0 Å². The minimum atomic E-state index is 0.0205. The maximum absolute atomic E-state index is 11.8. The number of rotatable bonds is 7. The van der Waals surface area contributed by atoms with Crippen molar-refractivity contribution in [3.8, 4) is 5.75 Å². The topological polar surface area (TPSA) is 29.5 Å². The quantitative estimate of drug-likeness (QED) is 0.705. The Morgan fingerprint density at radius 3 is 2.68 bits per heavy atom. The highest BCUT2D eigenvalue weighted by atomic mass is 16.5. The number of carbonyl (C=O) groups excluding carboxylic acids is 1. The van der Waals surface area contributed by atoms with Crippen molar-refractivity contribution in [1.29, 1.82) is 0 Å². The molecule has 1 aromatic carbocycles. The van der Waals surface area contributed by atoms with Crippen molar-refractivity contribution < 1.29 is 9.53 Å². The third kappa shape index (κ3) is 4.43. The van der Waals surface area contributed by atoms with Crippen molar-refractivity contribution in [1.82, 2.24) is 4.90 Å². The molecule has 1 amide bonds. The van der Waals surface area contributed by atoms with Gasteiger partial charge in [0.2, 0.25) is 0 Å². The first-order chi connectivity index (χ1) is 9.12. The molecule has 0 bridgehead atoms. The van der Waals surface area contributed by atoms with E-state index in [0.717, 1.165) is 11.3 Å². The van der Waals surface area contributed by atoms with Crippen LogP contribution in [0.3, 0.4) is 0 Å². The number of likely N-dealkylation sites (N-methyl/N-ethyl adjacent to an activating group) is 1. The Kier molecular flexibility index (Phi) is 6.13. The molecule has 1 unspecified atom stereocenters. The maximum atomic E-state index is 11.8. The minimum absolute atomic E-state index is 0.0205. The second-order valence-electron chi connectivity index (χ2n) is 4.45. The van der Waals surface area contributed by atoms with Crippen LogP contribution in [0.25, 0.3) is 0 Å². The Morgan fingerprint density at radius 1 is 1.42 bits per heavy atom. The van der Waals surface area contributed by atoms with Crippen LogP contribution in [-0.4, -0.2) is 30.5 Å². The van der Waals surface area contributed by atoms with E-state index in [0.29, 0.717) is 13.1 Å². The molecule has 3 nitrogen and oxygen atoms in total. The predicted octanol–water partition coefficient (Wildman–Crippen LogP) is 3.22. The molecule has 1 atom stereocenters. The Balaban J connectivity index is 2.63. The van der Waals surface area contributed by atoms with Gasteiger partial charge in [-0.15, -0.1) is 6.58 Å². The van der Waals surface area contributed by atoms with E-state index in [1.807, 2.05) is 44.2 Å². The smallest absolute Gasteiger partial charge is 0.260 e. The highest BCUT2D eigenvalue weighted by Crippen LogP contribution is 2.21. The molecule has 3 heteroatoms. The zero-order valence-corrected chi connectivity index (χ0v) is 12.1. The lowest BCUT2D eigenvalue weighted by molar-refractivity contribution is -0.132. The van der Waals surface area contributed by atoms with Crippen LogP contribution in [0.4, 0.5) is 0 Å². The fourth-order valence-electron chi connectivity index (χ4n) is 1.84. The maximum Gasteiger partial charge on any atom is 0.260 e. The van der Waals surface area contributed by atoms with Gasteiger partial charge in [-0.05, 0) is 37.5 Å². The van der Waals surface area contributed by atoms with Crippen molar-refractivity contribution in [2.45, 2.75) is 26.7 Å². The standard InChI is InChI=1S/C16H23NO2/c1-5-13(4)14-9-8-10-15(11-14)19-12-16(18)17(6-2)7-3/h5,8-11,13H,1,6-7,12H2,2-4H3. The van der Waals surface area contributed by atoms with E-state index >= 15 is 0 Å². The molecule has 0 spiro atoms. The molecule has 0 heterocycles. The zero-order valence-electron chi connectivity index (χ0n) is 12.1. The van der Waals surface area contributed by atoms with Gasteiger partial charge in [-0.3, -0.25) is 4.79 Å². The van der Waals surface area contributed by atoms with Gasteiger partial charge in [-0.1, -0.05) is 25.1 Å². The Bertz CT molecular complexity index is 425. The third-order valence-corrected chi connectivity index (χ3v) is 3.22. The molecular formula is C16H23NO2. The molecule has 0 saturated carbocycles. The summed E-state index contributed by atoms with van der Waals surface area (Å²) in [7, 11) is 0. The number of benzene rings is 1. The zero-order chi connectivity index (χ0) is 14.3. The second-order valence-corrected chi connectivity index (χ2v) is 4.45. The van der Waals surface area contributed by atoms with E-state index < -0.39 is 0 Å². The predicted molar refractivity (Wildman–Crippen MR) is 78.5 cm³/mol. The fraction of sp³-hybridized carbons (Fsp3) is 0.438. The number of amides is 1. The summed E-state index contributed by atoms with van der Waals surface area (Å²) in [5.41, 5.74) is 1.14. The molecule has 0 radical (unpaired) electrons. The number of allylic oxidation sites excluding steroid dienone is 1. The summed E-state index contributed by atoms with van der Waals surface area (Å²) in [5, 5.41) is 0. The molecule has 0 aromatic heterocycles. The molecule has 1 rings (SSSR count). The molecule has 0 N–H and O–H groups in total. The number of hydrogen-bond donors (Lipinski definition) is 0. The number of nitrogens with zero attached hydrogens (tertiary/aromatic N) is 1. The van der Waals surface area contributed by atoms with Gasteiger partial charge in [0.25, 0.3) is 5.91 Å².